The van der Waals surface area contributed by atoms with Crippen LogP contribution in [0.3, 0.4) is 0 Å². The summed E-state index contributed by atoms with van der Waals surface area (Å²) < 4.78 is 14.4. The minimum absolute atomic E-state index is 0.290. The molecule has 1 nitrogen and oxygen atoms in total. The highest BCUT2D eigenvalue weighted by molar-refractivity contribution is 7.78. The highest BCUT2D eigenvalue weighted by atomic mass is 32.1. The zero-order valence-electron chi connectivity index (χ0n) is 16.3. The summed E-state index contributed by atoms with van der Waals surface area (Å²) in [4.78, 5) is 3.82. The summed E-state index contributed by atoms with van der Waals surface area (Å²) in [7, 11) is 0. The van der Waals surface area contributed by atoms with Gasteiger partial charge in [0.25, 0.3) is 0 Å². The number of thiocarbonyl (C=S) groups is 1. The van der Waals surface area contributed by atoms with Crippen molar-refractivity contribution in [3.05, 3.63) is 89.2 Å². The van der Waals surface area contributed by atoms with E-state index in [-0.39, 0.29) is 5.82 Å². The lowest BCUT2D eigenvalue weighted by Gasteiger charge is -2.14. The average Bonchev–Trinajstić information content (AvgIpc) is 2.73. The Morgan fingerprint density at radius 2 is 1.61 bits per heavy atom. The molecular weight excluding hydrogens is 365 g/mol. The van der Waals surface area contributed by atoms with Crippen LogP contribution in [0.2, 0.25) is 0 Å². The zero-order chi connectivity index (χ0) is 19.9. The molecule has 142 valence electrons. The Bertz CT molecular complexity index is 970. The van der Waals surface area contributed by atoms with Gasteiger partial charge in [-0.25, -0.2) is 4.39 Å². The molecule has 0 aromatic heterocycles. The Kier molecular flexibility index (Phi) is 6.86. The fraction of sp³-hybridized carbons (Fsp3) is 0.240. The first-order chi connectivity index (χ1) is 13.6. The highest BCUT2D eigenvalue weighted by Crippen LogP contribution is 2.30. The summed E-state index contributed by atoms with van der Waals surface area (Å²) in [6.07, 6.45) is 3.58. The van der Waals surface area contributed by atoms with Gasteiger partial charge in [0.15, 0.2) is 0 Å². The predicted molar refractivity (Wildman–Crippen MR) is 119 cm³/mol. The monoisotopic (exact) mass is 389 g/mol. The number of benzene rings is 3. The lowest BCUT2D eigenvalue weighted by molar-refractivity contribution is 0.631. The number of isothiocyanates is 1. The zero-order valence-corrected chi connectivity index (χ0v) is 17.1. The van der Waals surface area contributed by atoms with Gasteiger partial charge in [0.05, 0.1) is 10.8 Å². The number of halogens is 1. The third kappa shape index (κ3) is 4.81. The van der Waals surface area contributed by atoms with Crippen molar-refractivity contribution in [1.82, 2.24) is 0 Å². The second-order valence-electron chi connectivity index (χ2n) is 7.06. The summed E-state index contributed by atoms with van der Waals surface area (Å²) in [5.74, 6) is -0.0200. The van der Waals surface area contributed by atoms with Crippen LogP contribution in [0.4, 0.5) is 10.1 Å². The molecule has 0 aliphatic rings. The molecule has 1 atom stereocenters. The number of unbranched alkanes of at least 4 members (excludes halogenated alkanes) is 1. The van der Waals surface area contributed by atoms with Crippen molar-refractivity contribution < 1.29 is 4.39 Å². The molecule has 0 bridgehead atoms. The van der Waals surface area contributed by atoms with E-state index in [2.05, 4.69) is 72.6 Å². The van der Waals surface area contributed by atoms with Crippen molar-refractivity contribution in [2.45, 2.75) is 39.0 Å². The molecular formula is C25H24FNS. The molecule has 0 aliphatic heterocycles. The van der Waals surface area contributed by atoms with Gasteiger partial charge in [-0.05, 0) is 59.4 Å². The second-order valence-corrected chi connectivity index (χ2v) is 7.24. The van der Waals surface area contributed by atoms with Gasteiger partial charge in [0.2, 0.25) is 0 Å². The molecule has 0 aliphatic carbocycles. The van der Waals surface area contributed by atoms with Crippen molar-refractivity contribution in [2.75, 3.05) is 0 Å². The standard InChI is InChI=1S/C25H24FNS/c1-3-4-5-19-6-8-20(9-7-19)18(2)21-10-12-22(13-11-21)24-15-14-23(27-17-28)16-25(24)26/h6-16,18H,3-5H2,1-2H3. The molecule has 0 radical (unpaired) electrons. The maximum Gasteiger partial charge on any atom is 0.133 e. The first-order valence-electron chi connectivity index (χ1n) is 9.69. The lowest BCUT2D eigenvalue weighted by atomic mass is 9.91. The number of aliphatic imine (C=N–C) groups is 1. The van der Waals surface area contributed by atoms with Gasteiger partial charge in [-0.15, -0.1) is 0 Å². The van der Waals surface area contributed by atoms with Crippen molar-refractivity contribution in [2.24, 2.45) is 4.99 Å². The summed E-state index contributed by atoms with van der Waals surface area (Å²) in [5.41, 5.74) is 5.78. The Labute approximate surface area is 172 Å². The Morgan fingerprint density at radius 1 is 0.964 bits per heavy atom. The van der Waals surface area contributed by atoms with E-state index in [9.17, 15) is 4.39 Å². The minimum atomic E-state index is -0.310. The Morgan fingerprint density at radius 3 is 2.18 bits per heavy atom. The molecule has 0 heterocycles. The summed E-state index contributed by atoms with van der Waals surface area (Å²) in [6, 6.07) is 21.9. The molecule has 0 saturated heterocycles. The normalized spacial score (nSPS) is 11.7. The average molecular weight is 390 g/mol. The molecule has 0 amide bonds. The highest BCUT2D eigenvalue weighted by Gasteiger charge is 2.11. The molecule has 0 spiro atoms. The minimum Gasteiger partial charge on any atom is -0.206 e. The van der Waals surface area contributed by atoms with Crippen LogP contribution in [-0.2, 0) is 6.42 Å². The van der Waals surface area contributed by atoms with Crippen LogP contribution in [0.15, 0.2) is 71.7 Å². The summed E-state index contributed by atoms with van der Waals surface area (Å²) in [6.45, 7) is 4.42. The van der Waals surface area contributed by atoms with E-state index < -0.39 is 0 Å². The van der Waals surface area contributed by atoms with E-state index >= 15 is 0 Å². The number of hydrogen-bond acceptors (Lipinski definition) is 2. The number of nitrogens with zero attached hydrogens (tertiary/aromatic N) is 1. The van der Waals surface area contributed by atoms with Crippen molar-refractivity contribution in [3.63, 3.8) is 0 Å². The maximum absolute atomic E-state index is 14.4. The van der Waals surface area contributed by atoms with Gasteiger partial charge in [-0.3, -0.25) is 0 Å². The van der Waals surface area contributed by atoms with Gasteiger partial charge in [0.1, 0.15) is 5.82 Å². The van der Waals surface area contributed by atoms with Crippen LogP contribution >= 0.6 is 12.2 Å². The van der Waals surface area contributed by atoms with Crippen LogP contribution in [0.25, 0.3) is 11.1 Å². The van der Waals surface area contributed by atoms with Gasteiger partial charge in [-0.2, -0.15) is 4.99 Å². The number of rotatable bonds is 7. The van der Waals surface area contributed by atoms with E-state index in [1.54, 1.807) is 12.1 Å². The van der Waals surface area contributed by atoms with Gasteiger partial charge in [0, 0.05) is 17.5 Å². The third-order valence-corrected chi connectivity index (χ3v) is 5.24. The maximum atomic E-state index is 14.4. The van der Waals surface area contributed by atoms with Crippen LogP contribution in [0, 0.1) is 5.82 Å². The van der Waals surface area contributed by atoms with Crippen molar-refractivity contribution >= 4 is 23.1 Å². The summed E-state index contributed by atoms with van der Waals surface area (Å²) in [5, 5.41) is 2.26. The molecule has 0 fully saturated rings. The predicted octanol–water partition coefficient (Wildman–Crippen LogP) is 7.72. The molecule has 0 N–H and O–H groups in total. The molecule has 3 aromatic carbocycles. The topological polar surface area (TPSA) is 12.4 Å². The van der Waals surface area contributed by atoms with Crippen LogP contribution < -0.4 is 0 Å². The first kappa shape index (κ1) is 20.1. The molecule has 3 heteroatoms. The summed E-state index contributed by atoms with van der Waals surface area (Å²) >= 11 is 4.57. The van der Waals surface area contributed by atoms with Crippen LogP contribution in [-0.4, -0.2) is 5.16 Å². The first-order valence-corrected chi connectivity index (χ1v) is 10.1. The molecule has 1 unspecified atom stereocenters. The van der Waals surface area contributed by atoms with Crippen molar-refractivity contribution in [1.29, 1.82) is 0 Å². The van der Waals surface area contributed by atoms with E-state index in [1.165, 1.54) is 35.6 Å². The van der Waals surface area contributed by atoms with Gasteiger partial charge >= 0.3 is 0 Å². The Balaban J connectivity index is 1.77. The van der Waals surface area contributed by atoms with E-state index in [1.807, 2.05) is 12.1 Å². The van der Waals surface area contributed by atoms with Crippen molar-refractivity contribution in [3.8, 4) is 11.1 Å². The molecule has 0 saturated carbocycles. The Hall–Kier alpha value is -2.61. The molecule has 3 aromatic rings. The number of hydrogen-bond donors (Lipinski definition) is 0. The molecule has 3 rings (SSSR count). The smallest absolute Gasteiger partial charge is 0.133 e. The van der Waals surface area contributed by atoms with Crippen LogP contribution in [0.5, 0.6) is 0 Å². The fourth-order valence-electron chi connectivity index (χ4n) is 3.36. The van der Waals surface area contributed by atoms with Gasteiger partial charge in [-0.1, -0.05) is 68.8 Å². The second kappa shape index (κ2) is 9.54. The van der Waals surface area contributed by atoms with E-state index in [0.29, 0.717) is 17.2 Å². The van der Waals surface area contributed by atoms with Gasteiger partial charge < -0.3 is 0 Å². The van der Waals surface area contributed by atoms with Crippen LogP contribution in [0.1, 0.15) is 49.3 Å². The molecule has 28 heavy (non-hydrogen) atoms. The third-order valence-electron chi connectivity index (χ3n) is 5.15. The number of aryl methyl sites for hydroxylation is 1. The largest absolute Gasteiger partial charge is 0.206 e. The lowest BCUT2D eigenvalue weighted by Crippen LogP contribution is -1.97. The quantitative estimate of drug-likeness (QED) is 0.297. The SMILES string of the molecule is CCCCc1ccc(C(C)c2ccc(-c3ccc(N=C=S)cc3F)cc2)cc1. The fourth-order valence-corrected chi connectivity index (χ4v) is 3.46. The van der Waals surface area contributed by atoms with E-state index in [4.69, 9.17) is 0 Å². The van der Waals surface area contributed by atoms with E-state index in [0.717, 1.165) is 12.0 Å².